The first kappa shape index (κ1) is 15.2. The molecule has 1 aromatic rings. The van der Waals surface area contributed by atoms with Crippen molar-refractivity contribution in [2.75, 3.05) is 13.1 Å². The first-order valence-electron chi connectivity index (χ1n) is 4.73. The summed E-state index contributed by atoms with van der Waals surface area (Å²) in [5, 5.41) is 0.439. The van der Waals surface area contributed by atoms with E-state index >= 15 is 0 Å². The summed E-state index contributed by atoms with van der Waals surface area (Å²) < 4.78 is 26.7. The monoisotopic (exact) mass is 360 g/mol. The molecule has 0 spiro atoms. The molecule has 0 saturated carbocycles. The molecule has 17 heavy (non-hydrogen) atoms. The van der Waals surface area contributed by atoms with Gasteiger partial charge in [0.05, 0.1) is 10.0 Å². The van der Waals surface area contributed by atoms with Gasteiger partial charge in [-0.15, -0.1) is 0 Å². The maximum absolute atomic E-state index is 11.9. The fourth-order valence-corrected chi connectivity index (χ4v) is 3.44. The van der Waals surface area contributed by atoms with E-state index < -0.39 is 10.0 Å². The lowest BCUT2D eigenvalue weighted by Gasteiger charge is -2.09. The van der Waals surface area contributed by atoms with E-state index in [4.69, 9.17) is 28.9 Å². The molecule has 8 heteroatoms. The highest BCUT2D eigenvalue weighted by atomic mass is 79.9. The van der Waals surface area contributed by atoms with Crippen LogP contribution in [0.15, 0.2) is 21.5 Å². The Hall–Kier alpha value is 0.150. The van der Waals surface area contributed by atoms with Gasteiger partial charge in [0.1, 0.15) is 4.90 Å². The van der Waals surface area contributed by atoms with Gasteiger partial charge in [-0.1, -0.05) is 23.2 Å². The van der Waals surface area contributed by atoms with Gasteiger partial charge in [-0.2, -0.15) is 0 Å². The molecular weight excluding hydrogens is 351 g/mol. The summed E-state index contributed by atoms with van der Waals surface area (Å²) in [5.41, 5.74) is 5.28. The van der Waals surface area contributed by atoms with Gasteiger partial charge in [-0.05, 0) is 41.0 Å². The molecule has 0 fully saturated rings. The van der Waals surface area contributed by atoms with Crippen LogP contribution in [0.2, 0.25) is 10.0 Å². The van der Waals surface area contributed by atoms with Crippen LogP contribution in [0.3, 0.4) is 0 Å². The van der Waals surface area contributed by atoms with Gasteiger partial charge in [0.15, 0.2) is 0 Å². The zero-order valence-corrected chi connectivity index (χ0v) is 12.6. The zero-order chi connectivity index (χ0) is 13.1. The van der Waals surface area contributed by atoms with E-state index in [9.17, 15) is 8.42 Å². The van der Waals surface area contributed by atoms with Crippen LogP contribution >= 0.6 is 39.1 Å². The second-order valence-electron chi connectivity index (χ2n) is 3.24. The molecule has 0 aliphatic rings. The third-order valence-corrected chi connectivity index (χ3v) is 5.06. The Morgan fingerprint density at radius 2 is 1.94 bits per heavy atom. The summed E-state index contributed by atoms with van der Waals surface area (Å²) in [6.45, 7) is 0.690. The van der Waals surface area contributed by atoms with Crippen LogP contribution in [0, 0.1) is 0 Å². The van der Waals surface area contributed by atoms with Crippen molar-refractivity contribution in [3.63, 3.8) is 0 Å². The van der Waals surface area contributed by atoms with Crippen molar-refractivity contribution in [3.05, 3.63) is 26.7 Å². The predicted molar refractivity (Wildman–Crippen MR) is 73.0 cm³/mol. The fourth-order valence-electron chi connectivity index (χ4n) is 1.10. The summed E-state index contributed by atoms with van der Waals surface area (Å²) in [6.07, 6.45) is 0.561. The molecule has 0 radical (unpaired) electrons. The maximum Gasteiger partial charge on any atom is 0.242 e. The van der Waals surface area contributed by atoms with Crippen LogP contribution < -0.4 is 10.5 Å². The van der Waals surface area contributed by atoms with E-state index in [0.29, 0.717) is 22.5 Å². The van der Waals surface area contributed by atoms with Crippen molar-refractivity contribution in [1.82, 2.24) is 4.72 Å². The molecule has 0 bridgehead atoms. The SMILES string of the molecule is NCCCNS(=O)(=O)c1cc(Br)c(Cl)cc1Cl. The van der Waals surface area contributed by atoms with Crippen LogP contribution in [0.25, 0.3) is 0 Å². The molecule has 1 aromatic carbocycles. The van der Waals surface area contributed by atoms with Gasteiger partial charge in [0.25, 0.3) is 0 Å². The Kier molecular flexibility index (Phi) is 5.69. The first-order chi connectivity index (χ1) is 7.88. The molecule has 0 aromatic heterocycles. The Bertz CT molecular complexity index is 508. The average Bonchev–Trinajstić information content (AvgIpc) is 2.23. The van der Waals surface area contributed by atoms with Crippen LogP contribution in [0.1, 0.15) is 6.42 Å². The number of nitrogens with one attached hydrogen (secondary N) is 1. The van der Waals surface area contributed by atoms with Gasteiger partial charge in [-0.25, -0.2) is 13.1 Å². The highest BCUT2D eigenvalue weighted by Gasteiger charge is 2.19. The molecule has 0 heterocycles. The van der Waals surface area contributed by atoms with Crippen molar-refractivity contribution >= 4 is 49.2 Å². The topological polar surface area (TPSA) is 72.2 Å². The lowest BCUT2D eigenvalue weighted by Crippen LogP contribution is -2.26. The lowest BCUT2D eigenvalue weighted by atomic mass is 10.4. The highest BCUT2D eigenvalue weighted by Crippen LogP contribution is 2.31. The third kappa shape index (κ3) is 4.08. The summed E-state index contributed by atoms with van der Waals surface area (Å²) in [5.74, 6) is 0. The summed E-state index contributed by atoms with van der Waals surface area (Å²) in [6, 6.07) is 2.75. The maximum atomic E-state index is 11.9. The van der Waals surface area contributed by atoms with E-state index in [2.05, 4.69) is 20.7 Å². The Labute approximate surface area is 119 Å². The summed E-state index contributed by atoms with van der Waals surface area (Å²) in [7, 11) is -3.63. The lowest BCUT2D eigenvalue weighted by molar-refractivity contribution is 0.579. The standard InChI is InChI=1S/C9H11BrCl2N2O2S/c10-6-4-9(8(12)5-7(6)11)17(15,16)14-3-1-2-13/h4-5,14H,1-3,13H2. The van der Waals surface area contributed by atoms with Crippen molar-refractivity contribution < 1.29 is 8.42 Å². The molecule has 3 N–H and O–H groups in total. The van der Waals surface area contributed by atoms with Gasteiger partial charge in [-0.3, -0.25) is 0 Å². The third-order valence-electron chi connectivity index (χ3n) is 1.94. The van der Waals surface area contributed by atoms with Crippen molar-refractivity contribution in [2.45, 2.75) is 11.3 Å². The largest absolute Gasteiger partial charge is 0.330 e. The van der Waals surface area contributed by atoms with Crippen LogP contribution in [-0.2, 0) is 10.0 Å². The Morgan fingerprint density at radius 3 is 2.53 bits per heavy atom. The van der Waals surface area contributed by atoms with Gasteiger partial charge in [0, 0.05) is 11.0 Å². The van der Waals surface area contributed by atoms with E-state index in [1.165, 1.54) is 12.1 Å². The van der Waals surface area contributed by atoms with E-state index in [0.717, 1.165) is 0 Å². The van der Waals surface area contributed by atoms with Gasteiger partial charge >= 0.3 is 0 Å². The number of hydrogen-bond donors (Lipinski definition) is 2. The number of halogens is 3. The molecule has 0 amide bonds. The van der Waals surface area contributed by atoms with E-state index in [-0.39, 0.29) is 16.5 Å². The molecule has 0 aliphatic carbocycles. The van der Waals surface area contributed by atoms with Crippen molar-refractivity contribution in [2.24, 2.45) is 5.73 Å². The van der Waals surface area contributed by atoms with Crippen molar-refractivity contribution in [3.8, 4) is 0 Å². The second-order valence-corrected chi connectivity index (χ2v) is 6.64. The normalized spacial score (nSPS) is 11.8. The zero-order valence-electron chi connectivity index (χ0n) is 8.71. The summed E-state index contributed by atoms with van der Waals surface area (Å²) in [4.78, 5) is -0.00698. The van der Waals surface area contributed by atoms with Gasteiger partial charge < -0.3 is 5.73 Å². The molecule has 0 aliphatic heterocycles. The molecule has 4 nitrogen and oxygen atoms in total. The van der Waals surface area contributed by atoms with E-state index in [1.807, 2.05) is 0 Å². The Balaban J connectivity index is 3.03. The molecular formula is C9H11BrCl2N2O2S. The second kappa shape index (κ2) is 6.36. The highest BCUT2D eigenvalue weighted by molar-refractivity contribution is 9.10. The molecule has 0 atom stereocenters. The number of benzene rings is 1. The van der Waals surface area contributed by atoms with Crippen LogP contribution in [-0.4, -0.2) is 21.5 Å². The molecule has 0 saturated heterocycles. The minimum Gasteiger partial charge on any atom is -0.330 e. The van der Waals surface area contributed by atoms with Gasteiger partial charge in [0.2, 0.25) is 10.0 Å². The van der Waals surface area contributed by atoms with Crippen LogP contribution in [0.4, 0.5) is 0 Å². The summed E-state index contributed by atoms with van der Waals surface area (Å²) >= 11 is 14.8. The number of rotatable bonds is 5. The first-order valence-corrected chi connectivity index (χ1v) is 7.76. The van der Waals surface area contributed by atoms with Crippen LogP contribution in [0.5, 0.6) is 0 Å². The van der Waals surface area contributed by atoms with E-state index in [1.54, 1.807) is 0 Å². The minimum atomic E-state index is -3.63. The number of sulfonamides is 1. The quantitative estimate of drug-likeness (QED) is 0.624. The predicted octanol–water partition coefficient (Wildman–Crippen LogP) is 2.38. The average molecular weight is 362 g/mol. The molecule has 0 unspecified atom stereocenters. The fraction of sp³-hybridized carbons (Fsp3) is 0.333. The number of hydrogen-bond acceptors (Lipinski definition) is 3. The number of nitrogens with two attached hydrogens (primary N) is 1. The molecule has 1 rings (SSSR count). The smallest absolute Gasteiger partial charge is 0.242 e. The van der Waals surface area contributed by atoms with Crippen molar-refractivity contribution in [1.29, 1.82) is 0 Å². The molecule has 96 valence electrons. The minimum absolute atomic E-state index is 0.00698. The Morgan fingerprint density at radius 1 is 1.29 bits per heavy atom.